The van der Waals surface area contributed by atoms with Gasteiger partial charge in [0.1, 0.15) is 5.75 Å². The molecule has 0 saturated carbocycles. The van der Waals surface area contributed by atoms with E-state index < -0.39 is 0 Å². The first-order valence-electron chi connectivity index (χ1n) is 7.88. The Hall–Kier alpha value is -2.61. The number of nitrogens with zero attached hydrogens (tertiary/aromatic N) is 5. The van der Waals surface area contributed by atoms with Crippen LogP contribution in [0.4, 0.5) is 0 Å². The zero-order valence-corrected chi connectivity index (χ0v) is 15.0. The van der Waals surface area contributed by atoms with Crippen molar-refractivity contribution in [2.75, 3.05) is 7.11 Å². The van der Waals surface area contributed by atoms with Gasteiger partial charge in [-0.3, -0.25) is 4.57 Å². The minimum absolute atomic E-state index is 0.536. The van der Waals surface area contributed by atoms with E-state index in [1.165, 1.54) is 11.8 Å². The molecule has 0 aliphatic carbocycles. The molecule has 0 saturated heterocycles. The molecule has 2 heterocycles. The third-order valence-electron chi connectivity index (χ3n) is 3.53. The largest absolute Gasteiger partial charge is 0.496 e. The minimum atomic E-state index is 0.536. The fourth-order valence-electron chi connectivity index (χ4n) is 2.34. The number of aromatic nitrogens is 5. The lowest BCUT2D eigenvalue weighted by Crippen LogP contribution is -2.01. The van der Waals surface area contributed by atoms with Gasteiger partial charge in [-0.05, 0) is 12.1 Å². The molecule has 25 heavy (non-hydrogen) atoms. The van der Waals surface area contributed by atoms with Crippen LogP contribution in [-0.2, 0) is 18.7 Å². The van der Waals surface area contributed by atoms with Crippen LogP contribution in [0.3, 0.4) is 0 Å². The highest BCUT2D eigenvalue weighted by Crippen LogP contribution is 2.31. The maximum atomic E-state index is 5.44. The zero-order valence-electron chi connectivity index (χ0n) is 14.2. The monoisotopic (exact) mass is 357 g/mol. The molecule has 0 N–H and O–H groups in total. The van der Waals surface area contributed by atoms with Crippen molar-refractivity contribution < 1.29 is 9.26 Å². The van der Waals surface area contributed by atoms with Gasteiger partial charge in [-0.1, -0.05) is 42.1 Å². The van der Waals surface area contributed by atoms with Gasteiger partial charge in [0, 0.05) is 13.0 Å². The molecule has 3 rings (SSSR count). The second-order valence-corrected chi connectivity index (χ2v) is 6.09. The first-order chi connectivity index (χ1) is 12.3. The quantitative estimate of drug-likeness (QED) is 0.452. The summed E-state index contributed by atoms with van der Waals surface area (Å²) in [4.78, 5) is 4.32. The van der Waals surface area contributed by atoms with Gasteiger partial charge in [0.05, 0.1) is 18.4 Å². The topological polar surface area (TPSA) is 78.9 Å². The van der Waals surface area contributed by atoms with Crippen molar-refractivity contribution in [3.05, 3.63) is 48.6 Å². The highest BCUT2D eigenvalue weighted by Gasteiger charge is 2.17. The van der Waals surface area contributed by atoms with E-state index in [0.717, 1.165) is 28.7 Å². The van der Waals surface area contributed by atoms with Crippen LogP contribution in [-0.4, -0.2) is 32.0 Å². The van der Waals surface area contributed by atoms with Gasteiger partial charge in [0.15, 0.2) is 16.8 Å². The molecule has 0 aliphatic heterocycles. The van der Waals surface area contributed by atoms with Crippen molar-refractivity contribution in [3.8, 4) is 17.1 Å². The van der Waals surface area contributed by atoms with Crippen molar-refractivity contribution >= 4 is 11.8 Å². The highest BCUT2D eigenvalue weighted by atomic mass is 32.2. The summed E-state index contributed by atoms with van der Waals surface area (Å²) in [5.41, 5.74) is 0.886. The second kappa shape index (κ2) is 7.98. The number of methoxy groups -OCH3 is 1. The maximum Gasteiger partial charge on any atom is 0.237 e. The lowest BCUT2D eigenvalue weighted by atomic mass is 10.2. The number of rotatable bonds is 8. The molecule has 7 nitrogen and oxygen atoms in total. The number of allylic oxidation sites excluding steroid dienone is 1. The molecule has 0 spiro atoms. The van der Waals surface area contributed by atoms with E-state index in [1.807, 2.05) is 41.8 Å². The third kappa shape index (κ3) is 3.74. The van der Waals surface area contributed by atoms with E-state index in [4.69, 9.17) is 9.26 Å². The molecular formula is C17H19N5O2S. The Kier molecular flexibility index (Phi) is 5.49. The summed E-state index contributed by atoms with van der Waals surface area (Å²) in [6.45, 7) is 6.41. The van der Waals surface area contributed by atoms with E-state index in [9.17, 15) is 0 Å². The molecule has 0 amide bonds. The van der Waals surface area contributed by atoms with Crippen molar-refractivity contribution in [2.24, 2.45) is 0 Å². The van der Waals surface area contributed by atoms with Crippen LogP contribution >= 0.6 is 11.8 Å². The summed E-state index contributed by atoms with van der Waals surface area (Å²) in [6.07, 6.45) is 2.56. The fraction of sp³-hybridized carbons (Fsp3) is 0.294. The van der Waals surface area contributed by atoms with Gasteiger partial charge in [-0.25, -0.2) is 0 Å². The summed E-state index contributed by atoms with van der Waals surface area (Å²) >= 11 is 1.50. The summed E-state index contributed by atoms with van der Waals surface area (Å²) < 4.78 is 12.7. The maximum absolute atomic E-state index is 5.44. The molecule has 1 aromatic carbocycles. The molecular weight excluding hydrogens is 338 g/mol. The predicted octanol–water partition coefficient (Wildman–Crippen LogP) is 3.38. The van der Waals surface area contributed by atoms with E-state index >= 15 is 0 Å². The van der Waals surface area contributed by atoms with Crippen LogP contribution in [0.1, 0.15) is 18.6 Å². The summed E-state index contributed by atoms with van der Waals surface area (Å²) in [5, 5.41) is 13.3. The van der Waals surface area contributed by atoms with Gasteiger partial charge in [-0.2, -0.15) is 4.98 Å². The number of hydrogen-bond acceptors (Lipinski definition) is 7. The lowest BCUT2D eigenvalue weighted by Gasteiger charge is -2.10. The number of aryl methyl sites for hydroxylation is 1. The minimum Gasteiger partial charge on any atom is -0.496 e. The molecule has 0 radical (unpaired) electrons. The van der Waals surface area contributed by atoms with Crippen LogP contribution in [0.25, 0.3) is 11.4 Å². The molecule has 0 bridgehead atoms. The molecule has 0 fully saturated rings. The van der Waals surface area contributed by atoms with E-state index in [-0.39, 0.29) is 0 Å². The first kappa shape index (κ1) is 17.2. The Bertz CT molecular complexity index is 858. The summed E-state index contributed by atoms with van der Waals surface area (Å²) in [6, 6.07) is 7.73. The SMILES string of the molecule is C=CCn1c(SCc2nc(CC)no2)nnc1-c1ccccc1OC. The molecule has 0 unspecified atom stereocenters. The van der Waals surface area contributed by atoms with E-state index in [2.05, 4.69) is 26.9 Å². The number of thioether (sulfide) groups is 1. The molecule has 8 heteroatoms. The number of benzene rings is 1. The standard InChI is InChI=1S/C17H19N5O2S/c1-4-10-22-16(12-8-6-7-9-13(12)23-3)19-20-17(22)25-11-15-18-14(5-2)21-24-15/h4,6-9H,1,5,10-11H2,2-3H3. The van der Waals surface area contributed by atoms with E-state index in [1.54, 1.807) is 7.11 Å². The summed E-state index contributed by atoms with van der Waals surface area (Å²) in [7, 11) is 1.64. The van der Waals surface area contributed by atoms with Gasteiger partial charge < -0.3 is 9.26 Å². The van der Waals surface area contributed by atoms with Crippen LogP contribution < -0.4 is 4.74 Å². The Balaban J connectivity index is 1.87. The molecule has 3 aromatic rings. The highest BCUT2D eigenvalue weighted by molar-refractivity contribution is 7.98. The summed E-state index contributed by atoms with van der Waals surface area (Å²) in [5.74, 6) is 3.31. The van der Waals surface area contributed by atoms with Gasteiger partial charge in [0.25, 0.3) is 0 Å². The van der Waals surface area contributed by atoms with Crippen LogP contribution in [0.2, 0.25) is 0 Å². The average molecular weight is 357 g/mol. The molecule has 130 valence electrons. The first-order valence-corrected chi connectivity index (χ1v) is 8.87. The van der Waals surface area contributed by atoms with Crippen molar-refractivity contribution in [1.29, 1.82) is 0 Å². The normalized spacial score (nSPS) is 10.8. The Morgan fingerprint density at radius 3 is 2.88 bits per heavy atom. The van der Waals surface area contributed by atoms with Crippen molar-refractivity contribution in [2.45, 2.75) is 30.8 Å². The molecule has 0 aliphatic rings. The van der Waals surface area contributed by atoms with Crippen LogP contribution in [0.15, 0.2) is 46.6 Å². The van der Waals surface area contributed by atoms with E-state index in [0.29, 0.717) is 24.0 Å². The van der Waals surface area contributed by atoms with Crippen LogP contribution in [0, 0.1) is 0 Å². The third-order valence-corrected chi connectivity index (χ3v) is 4.48. The average Bonchev–Trinajstić information content (AvgIpc) is 3.27. The number of para-hydroxylation sites is 1. The Labute approximate surface area is 150 Å². The van der Waals surface area contributed by atoms with Gasteiger partial charge >= 0.3 is 0 Å². The lowest BCUT2D eigenvalue weighted by molar-refractivity contribution is 0.385. The molecule has 0 atom stereocenters. The van der Waals surface area contributed by atoms with Crippen molar-refractivity contribution in [3.63, 3.8) is 0 Å². The number of hydrogen-bond donors (Lipinski definition) is 0. The Morgan fingerprint density at radius 1 is 1.32 bits per heavy atom. The predicted molar refractivity (Wildman–Crippen MR) is 95.4 cm³/mol. The molecule has 2 aromatic heterocycles. The van der Waals surface area contributed by atoms with Gasteiger partial charge in [0.2, 0.25) is 5.89 Å². The Morgan fingerprint density at radius 2 is 2.16 bits per heavy atom. The zero-order chi connectivity index (χ0) is 17.6. The fourth-order valence-corrected chi connectivity index (χ4v) is 3.12. The number of ether oxygens (including phenoxy) is 1. The van der Waals surface area contributed by atoms with Crippen molar-refractivity contribution in [1.82, 2.24) is 24.9 Å². The van der Waals surface area contributed by atoms with Gasteiger partial charge in [-0.15, -0.1) is 16.8 Å². The smallest absolute Gasteiger partial charge is 0.237 e. The second-order valence-electron chi connectivity index (χ2n) is 5.15. The van der Waals surface area contributed by atoms with Crippen LogP contribution in [0.5, 0.6) is 5.75 Å².